The van der Waals surface area contributed by atoms with Crippen molar-refractivity contribution in [3.05, 3.63) is 84.9 Å². The average Bonchev–Trinajstić information content (AvgIpc) is 2.77. The summed E-state index contributed by atoms with van der Waals surface area (Å²) < 4.78 is 10.7. The van der Waals surface area contributed by atoms with E-state index in [1.54, 1.807) is 14.0 Å². The van der Waals surface area contributed by atoms with Crippen molar-refractivity contribution in [2.75, 3.05) is 20.3 Å². The van der Waals surface area contributed by atoms with Crippen molar-refractivity contribution >= 4 is 23.8 Å². The number of benzene rings is 3. The van der Waals surface area contributed by atoms with Gasteiger partial charge in [-0.2, -0.15) is 0 Å². The van der Waals surface area contributed by atoms with Gasteiger partial charge in [-0.1, -0.05) is 79.7 Å². The first-order valence-electron chi connectivity index (χ1n) is 9.95. The van der Waals surface area contributed by atoms with Crippen LogP contribution in [0.25, 0.3) is 0 Å². The molecule has 0 spiro atoms. The molecule has 0 aliphatic carbocycles. The van der Waals surface area contributed by atoms with Gasteiger partial charge in [0, 0.05) is 7.11 Å². The van der Waals surface area contributed by atoms with Crippen molar-refractivity contribution in [3.63, 3.8) is 0 Å². The second kappa shape index (κ2) is 13.1. The number of hydrogen-bond acceptors (Lipinski definition) is 3. The maximum absolute atomic E-state index is 8.36. The first-order chi connectivity index (χ1) is 14.2. The van der Waals surface area contributed by atoms with E-state index in [1.807, 2.05) is 19.1 Å². The lowest BCUT2D eigenvalue weighted by molar-refractivity contribution is 0.146. The number of methoxy groups -OCH3 is 1. The molecule has 29 heavy (non-hydrogen) atoms. The highest BCUT2D eigenvalue weighted by Crippen LogP contribution is 2.33. The Balaban J connectivity index is 0.000000537. The molecule has 0 radical (unpaired) electrons. The van der Waals surface area contributed by atoms with Crippen LogP contribution in [-0.4, -0.2) is 31.5 Å². The normalized spacial score (nSPS) is 11.5. The molecule has 1 unspecified atom stereocenters. The van der Waals surface area contributed by atoms with Crippen molar-refractivity contribution in [1.29, 1.82) is 0 Å². The Morgan fingerprint density at radius 3 is 1.62 bits per heavy atom. The maximum atomic E-state index is 8.36. The fourth-order valence-electron chi connectivity index (χ4n) is 2.54. The van der Waals surface area contributed by atoms with Gasteiger partial charge in [-0.3, -0.25) is 0 Å². The molecule has 0 fully saturated rings. The molecule has 0 aliphatic heterocycles. The van der Waals surface area contributed by atoms with Crippen LogP contribution in [0.4, 0.5) is 0 Å². The summed E-state index contributed by atoms with van der Waals surface area (Å²) in [6, 6.07) is 29.8. The summed E-state index contributed by atoms with van der Waals surface area (Å²) in [5.41, 5.74) is 0. The predicted molar refractivity (Wildman–Crippen MR) is 124 cm³/mol. The van der Waals surface area contributed by atoms with Gasteiger partial charge >= 0.3 is 0 Å². The maximum Gasteiger partial charge on any atom is 0.119 e. The van der Waals surface area contributed by atoms with Gasteiger partial charge in [-0.15, -0.1) is 0 Å². The molecule has 3 aromatic carbocycles. The molecule has 4 heteroatoms. The fraction of sp³-hybridized carbons (Fsp3) is 0.280. The summed E-state index contributed by atoms with van der Waals surface area (Å²) in [4.78, 5) is 0. The minimum atomic E-state index is -0.555. The summed E-state index contributed by atoms with van der Waals surface area (Å²) in [5, 5.41) is 12.4. The molecule has 0 heterocycles. The van der Waals surface area contributed by atoms with E-state index in [2.05, 4.69) is 72.8 Å². The SMILES string of the molecule is CCC(C)O.COCCOc1ccc(P(c2ccccc2)c2ccccc2)cc1. The van der Waals surface area contributed by atoms with Crippen molar-refractivity contribution in [2.45, 2.75) is 26.4 Å². The zero-order valence-corrected chi connectivity index (χ0v) is 18.4. The summed E-state index contributed by atoms with van der Waals surface area (Å²) in [6.07, 6.45) is 0.745. The van der Waals surface area contributed by atoms with Gasteiger partial charge in [0.2, 0.25) is 0 Å². The standard InChI is InChI=1S/C21H21O2P.C4H10O/c1-22-16-17-23-18-12-14-21(15-13-18)24(19-8-4-2-5-9-19)20-10-6-3-7-11-20;1-3-4(2)5/h2-15H,16-17H2,1H3;4-5H,3H2,1-2H3. The molecular weight excluding hydrogens is 379 g/mol. The molecule has 154 valence electrons. The zero-order valence-electron chi connectivity index (χ0n) is 17.5. The van der Waals surface area contributed by atoms with Crippen LogP contribution in [0.1, 0.15) is 20.3 Å². The number of ether oxygens (including phenoxy) is 2. The summed E-state index contributed by atoms with van der Waals surface area (Å²) in [6.45, 7) is 4.90. The highest BCUT2D eigenvalue weighted by molar-refractivity contribution is 7.79. The molecule has 3 rings (SSSR count). The van der Waals surface area contributed by atoms with Crippen molar-refractivity contribution in [2.24, 2.45) is 0 Å². The Morgan fingerprint density at radius 2 is 1.21 bits per heavy atom. The third-order valence-electron chi connectivity index (χ3n) is 4.27. The van der Waals surface area contributed by atoms with E-state index in [0.29, 0.717) is 13.2 Å². The lowest BCUT2D eigenvalue weighted by Crippen LogP contribution is -2.20. The Labute approximate surface area is 176 Å². The summed E-state index contributed by atoms with van der Waals surface area (Å²) in [7, 11) is 1.13. The smallest absolute Gasteiger partial charge is 0.119 e. The molecule has 1 atom stereocenters. The highest BCUT2D eigenvalue weighted by Gasteiger charge is 2.15. The largest absolute Gasteiger partial charge is 0.491 e. The zero-order chi connectivity index (χ0) is 20.9. The molecule has 0 amide bonds. The van der Waals surface area contributed by atoms with Crippen LogP contribution in [0.5, 0.6) is 5.75 Å². The van der Waals surface area contributed by atoms with E-state index in [-0.39, 0.29) is 6.10 Å². The van der Waals surface area contributed by atoms with E-state index < -0.39 is 7.92 Å². The Kier molecular flexibility index (Phi) is 10.4. The Hall–Kier alpha value is -2.19. The molecule has 1 N–H and O–H groups in total. The number of aliphatic hydroxyl groups is 1. The minimum absolute atomic E-state index is 0.116. The predicted octanol–water partition coefficient (Wildman–Crippen LogP) is 4.25. The molecule has 3 aromatic rings. The highest BCUT2D eigenvalue weighted by atomic mass is 31.1. The van der Waals surface area contributed by atoms with Crippen molar-refractivity contribution < 1.29 is 14.6 Å². The average molecular weight is 410 g/mol. The fourth-order valence-corrected chi connectivity index (χ4v) is 4.82. The van der Waals surface area contributed by atoms with E-state index in [0.717, 1.165) is 12.2 Å². The van der Waals surface area contributed by atoms with Gasteiger partial charge in [0.05, 0.1) is 12.7 Å². The molecular formula is C25H31O3P. The van der Waals surface area contributed by atoms with E-state index in [4.69, 9.17) is 14.6 Å². The lowest BCUT2D eigenvalue weighted by Gasteiger charge is -2.19. The van der Waals surface area contributed by atoms with Crippen LogP contribution in [0, 0.1) is 0 Å². The van der Waals surface area contributed by atoms with Crippen LogP contribution in [0.3, 0.4) is 0 Å². The Morgan fingerprint density at radius 1 is 0.759 bits per heavy atom. The first-order valence-corrected chi connectivity index (χ1v) is 11.3. The topological polar surface area (TPSA) is 38.7 Å². The van der Waals surface area contributed by atoms with Crippen LogP contribution in [0.15, 0.2) is 84.9 Å². The summed E-state index contributed by atoms with van der Waals surface area (Å²) in [5.74, 6) is 0.881. The number of rotatable bonds is 8. The number of hydrogen-bond donors (Lipinski definition) is 1. The molecule has 0 aromatic heterocycles. The molecule has 0 saturated carbocycles. The first kappa shape index (κ1) is 23.1. The van der Waals surface area contributed by atoms with Crippen molar-refractivity contribution in [1.82, 2.24) is 0 Å². The second-order valence-electron chi connectivity index (χ2n) is 6.60. The van der Waals surface area contributed by atoms with Gasteiger partial charge in [0.15, 0.2) is 0 Å². The molecule has 0 aliphatic rings. The van der Waals surface area contributed by atoms with Crippen LogP contribution >= 0.6 is 7.92 Å². The van der Waals surface area contributed by atoms with Crippen molar-refractivity contribution in [3.8, 4) is 5.75 Å². The quantitative estimate of drug-likeness (QED) is 0.446. The Bertz CT molecular complexity index is 750. The molecule has 0 saturated heterocycles. The third-order valence-corrected chi connectivity index (χ3v) is 6.71. The van der Waals surface area contributed by atoms with Gasteiger partial charge in [-0.25, -0.2) is 0 Å². The van der Waals surface area contributed by atoms with Crippen LogP contribution in [-0.2, 0) is 4.74 Å². The van der Waals surface area contributed by atoms with Gasteiger partial charge < -0.3 is 14.6 Å². The third kappa shape index (κ3) is 7.98. The lowest BCUT2D eigenvalue weighted by atomic mass is 10.3. The van der Waals surface area contributed by atoms with E-state index >= 15 is 0 Å². The van der Waals surface area contributed by atoms with E-state index in [9.17, 15) is 0 Å². The van der Waals surface area contributed by atoms with Gasteiger partial charge in [-0.05, 0) is 49.3 Å². The monoisotopic (exact) mass is 410 g/mol. The molecule has 3 nitrogen and oxygen atoms in total. The number of aliphatic hydroxyl groups excluding tert-OH is 1. The van der Waals surface area contributed by atoms with Gasteiger partial charge in [0.1, 0.15) is 12.4 Å². The second-order valence-corrected chi connectivity index (χ2v) is 8.82. The summed E-state index contributed by atoms with van der Waals surface area (Å²) >= 11 is 0. The van der Waals surface area contributed by atoms with E-state index in [1.165, 1.54) is 15.9 Å². The van der Waals surface area contributed by atoms with Gasteiger partial charge in [0.25, 0.3) is 0 Å². The molecule has 0 bridgehead atoms. The van der Waals surface area contributed by atoms with Crippen LogP contribution < -0.4 is 20.7 Å². The van der Waals surface area contributed by atoms with Crippen LogP contribution in [0.2, 0.25) is 0 Å². The minimum Gasteiger partial charge on any atom is -0.491 e.